The number of aromatic nitrogens is 2. The molecule has 2 aromatic rings. The summed E-state index contributed by atoms with van der Waals surface area (Å²) in [5.74, 6) is 1.39. The highest BCUT2D eigenvalue weighted by molar-refractivity contribution is 5.32. The maximum Gasteiger partial charge on any atom is 0.219 e. The lowest BCUT2D eigenvalue weighted by atomic mass is 10.1. The molecule has 106 valence electrons. The molecule has 20 heavy (non-hydrogen) atoms. The predicted molar refractivity (Wildman–Crippen MR) is 80.0 cm³/mol. The number of hydrogen-bond donors (Lipinski definition) is 1. The van der Waals surface area contributed by atoms with Gasteiger partial charge in [0.05, 0.1) is 5.69 Å². The fraction of sp³-hybridized carbons (Fsp3) is 0.375. The first-order valence-electron chi connectivity index (χ1n) is 6.97. The molecule has 0 aliphatic carbocycles. The maximum absolute atomic E-state index is 5.88. The second-order valence-electron chi connectivity index (χ2n) is 4.77. The van der Waals surface area contributed by atoms with Gasteiger partial charge in [0.1, 0.15) is 0 Å². The van der Waals surface area contributed by atoms with Crippen LogP contribution in [-0.4, -0.2) is 17.0 Å². The highest BCUT2D eigenvalue weighted by Crippen LogP contribution is 2.23. The summed E-state index contributed by atoms with van der Waals surface area (Å²) < 4.78 is 5.88. The van der Waals surface area contributed by atoms with Crippen LogP contribution in [0.15, 0.2) is 30.5 Å². The first-order valence-corrected chi connectivity index (χ1v) is 6.97. The number of pyridine rings is 2. The minimum Gasteiger partial charge on any atom is -0.437 e. The average Bonchev–Trinajstić information content (AvgIpc) is 2.42. The third-order valence-electron chi connectivity index (χ3n) is 2.97. The zero-order valence-corrected chi connectivity index (χ0v) is 12.3. The van der Waals surface area contributed by atoms with Crippen LogP contribution in [-0.2, 0) is 13.0 Å². The second kappa shape index (κ2) is 7.01. The molecule has 0 aromatic carbocycles. The molecule has 1 N–H and O–H groups in total. The molecule has 4 heteroatoms. The first-order chi connectivity index (χ1) is 9.72. The highest BCUT2D eigenvalue weighted by Gasteiger charge is 2.06. The van der Waals surface area contributed by atoms with Crippen LogP contribution in [0.5, 0.6) is 11.6 Å². The van der Waals surface area contributed by atoms with Crippen molar-refractivity contribution < 1.29 is 4.74 Å². The van der Waals surface area contributed by atoms with Crippen molar-refractivity contribution in [2.45, 2.75) is 33.2 Å². The molecule has 2 aromatic heterocycles. The molecule has 0 saturated carbocycles. The first kappa shape index (κ1) is 14.5. The number of nitrogens with zero attached hydrogens (tertiary/aromatic N) is 2. The molecule has 0 bridgehead atoms. The maximum atomic E-state index is 5.88. The van der Waals surface area contributed by atoms with E-state index in [0.29, 0.717) is 5.88 Å². The van der Waals surface area contributed by atoms with Crippen LogP contribution >= 0.6 is 0 Å². The predicted octanol–water partition coefficient (Wildman–Crippen LogP) is 3.25. The summed E-state index contributed by atoms with van der Waals surface area (Å²) in [5.41, 5.74) is 3.12. The van der Waals surface area contributed by atoms with E-state index in [1.54, 1.807) is 6.20 Å². The minimum atomic E-state index is 0.636. The molecule has 0 aliphatic heterocycles. The van der Waals surface area contributed by atoms with Crippen molar-refractivity contribution in [3.05, 3.63) is 47.4 Å². The topological polar surface area (TPSA) is 47.0 Å². The Labute approximate surface area is 120 Å². The second-order valence-corrected chi connectivity index (χ2v) is 4.77. The summed E-state index contributed by atoms with van der Waals surface area (Å²) in [7, 11) is 1.94. The van der Waals surface area contributed by atoms with Gasteiger partial charge in [0.25, 0.3) is 0 Å². The zero-order valence-electron chi connectivity index (χ0n) is 12.3. The van der Waals surface area contributed by atoms with Gasteiger partial charge in [-0.3, -0.25) is 4.98 Å². The van der Waals surface area contributed by atoms with E-state index in [1.165, 1.54) is 5.56 Å². The van der Waals surface area contributed by atoms with Crippen molar-refractivity contribution in [3.63, 3.8) is 0 Å². The average molecular weight is 271 g/mol. The van der Waals surface area contributed by atoms with E-state index < -0.39 is 0 Å². The van der Waals surface area contributed by atoms with E-state index in [-0.39, 0.29) is 0 Å². The van der Waals surface area contributed by atoms with E-state index in [4.69, 9.17) is 4.74 Å². The van der Waals surface area contributed by atoms with Crippen molar-refractivity contribution in [3.8, 4) is 11.6 Å². The Morgan fingerprint density at radius 1 is 1.30 bits per heavy atom. The van der Waals surface area contributed by atoms with Gasteiger partial charge in [-0.1, -0.05) is 13.3 Å². The monoisotopic (exact) mass is 271 g/mol. The third kappa shape index (κ3) is 3.78. The largest absolute Gasteiger partial charge is 0.437 e. The normalized spacial score (nSPS) is 10.6. The van der Waals surface area contributed by atoms with E-state index >= 15 is 0 Å². The van der Waals surface area contributed by atoms with Crippen LogP contribution < -0.4 is 10.1 Å². The van der Waals surface area contributed by atoms with Gasteiger partial charge < -0.3 is 10.1 Å². The lowest BCUT2D eigenvalue weighted by molar-refractivity contribution is 0.453. The molecule has 2 rings (SSSR count). The minimum absolute atomic E-state index is 0.636. The van der Waals surface area contributed by atoms with Crippen molar-refractivity contribution in [2.75, 3.05) is 7.05 Å². The fourth-order valence-corrected chi connectivity index (χ4v) is 2.05. The van der Waals surface area contributed by atoms with Crippen LogP contribution in [0.2, 0.25) is 0 Å². The van der Waals surface area contributed by atoms with Crippen molar-refractivity contribution >= 4 is 0 Å². The van der Waals surface area contributed by atoms with Crippen LogP contribution in [0.25, 0.3) is 0 Å². The van der Waals surface area contributed by atoms with Gasteiger partial charge in [0, 0.05) is 24.5 Å². The molecule has 0 spiro atoms. The summed E-state index contributed by atoms with van der Waals surface area (Å²) >= 11 is 0. The Hall–Kier alpha value is -1.94. The SMILES string of the molecule is CCCc1cc(CNC)cc(Oc2cccnc2C)n1. The summed E-state index contributed by atoms with van der Waals surface area (Å²) in [6.45, 7) is 4.89. The molecule has 0 radical (unpaired) electrons. The summed E-state index contributed by atoms with van der Waals surface area (Å²) in [4.78, 5) is 8.79. The molecule has 0 amide bonds. The van der Waals surface area contributed by atoms with E-state index in [2.05, 4.69) is 28.3 Å². The zero-order chi connectivity index (χ0) is 14.4. The Morgan fingerprint density at radius 2 is 2.15 bits per heavy atom. The lowest BCUT2D eigenvalue weighted by Gasteiger charge is -2.10. The molecule has 0 atom stereocenters. The molecular formula is C16H21N3O. The molecule has 4 nitrogen and oxygen atoms in total. The lowest BCUT2D eigenvalue weighted by Crippen LogP contribution is -2.07. The summed E-state index contributed by atoms with van der Waals surface area (Å²) in [6.07, 6.45) is 3.79. The van der Waals surface area contributed by atoms with Gasteiger partial charge in [-0.25, -0.2) is 4.98 Å². The Morgan fingerprint density at radius 3 is 2.85 bits per heavy atom. The van der Waals surface area contributed by atoms with Gasteiger partial charge in [-0.15, -0.1) is 0 Å². The van der Waals surface area contributed by atoms with Crippen LogP contribution in [0.1, 0.15) is 30.3 Å². The van der Waals surface area contributed by atoms with Crippen LogP contribution in [0.3, 0.4) is 0 Å². The van der Waals surface area contributed by atoms with Gasteiger partial charge in [-0.2, -0.15) is 0 Å². The molecule has 0 fully saturated rings. The number of aryl methyl sites for hydroxylation is 2. The van der Waals surface area contributed by atoms with Crippen LogP contribution in [0.4, 0.5) is 0 Å². The Balaban J connectivity index is 2.28. The number of nitrogens with one attached hydrogen (secondary N) is 1. The van der Waals surface area contributed by atoms with Crippen molar-refractivity contribution in [2.24, 2.45) is 0 Å². The summed E-state index contributed by atoms with van der Waals surface area (Å²) in [6, 6.07) is 7.88. The van der Waals surface area contributed by atoms with Gasteiger partial charge in [0.15, 0.2) is 5.75 Å². The molecule has 0 unspecified atom stereocenters. The third-order valence-corrected chi connectivity index (χ3v) is 2.97. The van der Waals surface area contributed by atoms with E-state index in [1.807, 2.05) is 32.2 Å². The molecule has 2 heterocycles. The Bertz CT molecular complexity index is 545. The summed E-state index contributed by atoms with van der Waals surface area (Å²) in [5, 5.41) is 3.16. The van der Waals surface area contributed by atoms with E-state index in [9.17, 15) is 0 Å². The van der Waals surface area contributed by atoms with E-state index in [0.717, 1.165) is 36.5 Å². The van der Waals surface area contributed by atoms with Gasteiger partial charge >= 0.3 is 0 Å². The number of rotatable bonds is 6. The molecule has 0 saturated heterocycles. The molecule has 0 aliphatic rings. The van der Waals surface area contributed by atoms with Crippen molar-refractivity contribution in [1.82, 2.24) is 15.3 Å². The highest BCUT2D eigenvalue weighted by atomic mass is 16.5. The number of hydrogen-bond acceptors (Lipinski definition) is 4. The quantitative estimate of drug-likeness (QED) is 0.876. The fourth-order valence-electron chi connectivity index (χ4n) is 2.05. The number of ether oxygens (including phenoxy) is 1. The van der Waals surface area contributed by atoms with Gasteiger partial charge in [0.2, 0.25) is 5.88 Å². The smallest absolute Gasteiger partial charge is 0.219 e. The van der Waals surface area contributed by atoms with Crippen LogP contribution in [0, 0.1) is 6.92 Å². The standard InChI is InChI=1S/C16H21N3O/c1-4-6-14-9-13(11-17-3)10-16(19-14)20-15-7-5-8-18-12(15)2/h5,7-10,17H,4,6,11H2,1-3H3. The van der Waals surface area contributed by atoms with Crippen molar-refractivity contribution in [1.29, 1.82) is 0 Å². The Kier molecular flexibility index (Phi) is 5.07. The molecular weight excluding hydrogens is 250 g/mol. The van der Waals surface area contributed by atoms with Gasteiger partial charge in [-0.05, 0) is 44.2 Å².